The summed E-state index contributed by atoms with van der Waals surface area (Å²) in [5.74, 6) is -0.0630. The molecule has 1 atom stereocenters. The lowest BCUT2D eigenvalue weighted by molar-refractivity contribution is 0.0979. The number of rotatable bonds is 1. The lowest BCUT2D eigenvalue weighted by Gasteiger charge is -2.32. The lowest BCUT2D eigenvalue weighted by atomic mass is 9.98. The summed E-state index contributed by atoms with van der Waals surface area (Å²) in [6.45, 7) is 2.45. The second kappa shape index (κ2) is 4.75. The second-order valence-corrected chi connectivity index (χ2v) is 5.82. The van der Waals surface area contributed by atoms with Crippen LogP contribution in [0.5, 0.6) is 0 Å². The molecule has 0 aliphatic carbocycles. The number of fused-ring (bicyclic) bond motifs is 1. The van der Waals surface area contributed by atoms with Crippen LogP contribution < -0.4 is 10.6 Å². The first-order valence-corrected chi connectivity index (χ1v) is 7.10. The SMILES string of the molecule is Cc1nc(C(=O)N2CC(N)Cc3ccccc32)cs1. The minimum Gasteiger partial charge on any atom is -0.326 e. The van der Waals surface area contributed by atoms with Gasteiger partial charge < -0.3 is 10.6 Å². The first-order valence-electron chi connectivity index (χ1n) is 6.22. The van der Waals surface area contributed by atoms with Crippen molar-refractivity contribution in [3.63, 3.8) is 0 Å². The molecule has 1 aromatic carbocycles. The van der Waals surface area contributed by atoms with Crippen molar-refractivity contribution < 1.29 is 4.79 Å². The maximum absolute atomic E-state index is 12.5. The summed E-state index contributed by atoms with van der Waals surface area (Å²) in [6.07, 6.45) is 0.816. The Morgan fingerprint density at radius 2 is 2.26 bits per heavy atom. The van der Waals surface area contributed by atoms with Crippen LogP contribution in [0.25, 0.3) is 0 Å². The highest BCUT2D eigenvalue weighted by atomic mass is 32.1. The molecule has 0 spiro atoms. The highest BCUT2D eigenvalue weighted by Gasteiger charge is 2.28. The number of amides is 1. The Balaban J connectivity index is 1.99. The van der Waals surface area contributed by atoms with Gasteiger partial charge in [0.25, 0.3) is 5.91 Å². The standard InChI is InChI=1S/C14H15N3OS/c1-9-16-12(8-19-9)14(18)17-7-11(15)6-10-4-2-3-5-13(10)17/h2-5,8,11H,6-7,15H2,1H3. The average molecular weight is 273 g/mol. The Labute approximate surface area is 115 Å². The average Bonchev–Trinajstić information content (AvgIpc) is 2.83. The maximum atomic E-state index is 12.5. The molecule has 4 nitrogen and oxygen atoms in total. The number of anilines is 1. The largest absolute Gasteiger partial charge is 0.326 e. The summed E-state index contributed by atoms with van der Waals surface area (Å²) in [7, 11) is 0. The van der Waals surface area contributed by atoms with E-state index in [0.717, 1.165) is 22.7 Å². The fourth-order valence-corrected chi connectivity index (χ4v) is 3.01. The Morgan fingerprint density at radius 1 is 1.47 bits per heavy atom. The summed E-state index contributed by atoms with van der Waals surface area (Å²) in [5.41, 5.74) is 8.64. The number of aryl methyl sites for hydroxylation is 1. The zero-order chi connectivity index (χ0) is 13.4. The molecule has 0 saturated heterocycles. The fourth-order valence-electron chi connectivity index (χ4n) is 2.42. The van der Waals surface area contributed by atoms with Gasteiger partial charge >= 0.3 is 0 Å². The normalized spacial score (nSPS) is 18.2. The molecule has 3 rings (SSSR count). The van der Waals surface area contributed by atoms with Crippen LogP contribution in [0.4, 0.5) is 5.69 Å². The topological polar surface area (TPSA) is 59.2 Å². The van der Waals surface area contributed by atoms with Gasteiger partial charge in [0.2, 0.25) is 0 Å². The molecular weight excluding hydrogens is 258 g/mol. The second-order valence-electron chi connectivity index (χ2n) is 4.76. The van der Waals surface area contributed by atoms with Crippen LogP contribution in [0.3, 0.4) is 0 Å². The van der Waals surface area contributed by atoms with Crippen LogP contribution >= 0.6 is 11.3 Å². The number of nitrogens with zero attached hydrogens (tertiary/aromatic N) is 2. The number of carbonyl (C=O) groups is 1. The van der Waals surface area contributed by atoms with E-state index in [0.29, 0.717) is 12.2 Å². The number of thiazole rings is 1. The van der Waals surface area contributed by atoms with Gasteiger partial charge in [-0.25, -0.2) is 4.98 Å². The monoisotopic (exact) mass is 273 g/mol. The number of hydrogen-bond donors (Lipinski definition) is 1. The Morgan fingerprint density at radius 3 is 3.00 bits per heavy atom. The molecule has 1 aliphatic rings. The molecule has 2 N–H and O–H groups in total. The third-order valence-corrected chi connectivity index (χ3v) is 4.04. The van der Waals surface area contributed by atoms with E-state index in [9.17, 15) is 4.79 Å². The lowest BCUT2D eigenvalue weighted by Crippen LogP contribution is -2.46. The summed E-state index contributed by atoms with van der Waals surface area (Å²) >= 11 is 1.49. The third-order valence-electron chi connectivity index (χ3n) is 3.26. The van der Waals surface area contributed by atoms with Gasteiger partial charge in [0.05, 0.1) is 5.01 Å². The van der Waals surface area contributed by atoms with Crippen molar-refractivity contribution in [2.24, 2.45) is 5.73 Å². The Kier molecular flexibility index (Phi) is 3.08. The van der Waals surface area contributed by atoms with E-state index in [1.807, 2.05) is 31.2 Å². The molecule has 1 aromatic heterocycles. The van der Waals surface area contributed by atoms with Crippen LogP contribution in [0.2, 0.25) is 0 Å². The molecule has 0 radical (unpaired) electrons. The Bertz CT molecular complexity index is 623. The smallest absolute Gasteiger partial charge is 0.277 e. The first-order chi connectivity index (χ1) is 9.15. The van der Waals surface area contributed by atoms with Crippen LogP contribution in [-0.4, -0.2) is 23.5 Å². The third kappa shape index (κ3) is 2.27. The van der Waals surface area contributed by atoms with E-state index in [-0.39, 0.29) is 11.9 Å². The van der Waals surface area contributed by atoms with Crippen molar-refractivity contribution in [1.29, 1.82) is 0 Å². The van der Waals surface area contributed by atoms with Crippen LogP contribution in [0.15, 0.2) is 29.6 Å². The molecule has 19 heavy (non-hydrogen) atoms. The molecule has 0 saturated carbocycles. The van der Waals surface area contributed by atoms with E-state index in [4.69, 9.17) is 5.73 Å². The van der Waals surface area contributed by atoms with Crippen molar-refractivity contribution in [2.45, 2.75) is 19.4 Å². The molecule has 0 bridgehead atoms. The zero-order valence-electron chi connectivity index (χ0n) is 10.7. The van der Waals surface area contributed by atoms with E-state index in [2.05, 4.69) is 4.98 Å². The minimum absolute atomic E-state index is 0.0152. The van der Waals surface area contributed by atoms with Crippen molar-refractivity contribution in [2.75, 3.05) is 11.4 Å². The minimum atomic E-state index is -0.0630. The molecule has 1 amide bonds. The maximum Gasteiger partial charge on any atom is 0.277 e. The predicted molar refractivity (Wildman–Crippen MR) is 76.6 cm³/mol. The van der Waals surface area contributed by atoms with Gasteiger partial charge in [0.15, 0.2) is 0 Å². The van der Waals surface area contributed by atoms with E-state index in [1.54, 1.807) is 10.3 Å². The summed E-state index contributed by atoms with van der Waals surface area (Å²) in [6, 6.07) is 7.91. The van der Waals surface area contributed by atoms with Crippen LogP contribution in [0, 0.1) is 6.92 Å². The van der Waals surface area contributed by atoms with Gasteiger partial charge in [0.1, 0.15) is 5.69 Å². The number of nitrogens with two attached hydrogens (primary N) is 1. The van der Waals surface area contributed by atoms with Gasteiger partial charge in [-0.3, -0.25) is 4.79 Å². The molecule has 5 heteroatoms. The first kappa shape index (κ1) is 12.3. The van der Waals surface area contributed by atoms with Crippen molar-refractivity contribution >= 4 is 22.9 Å². The van der Waals surface area contributed by atoms with Crippen LogP contribution in [-0.2, 0) is 6.42 Å². The summed E-state index contributed by atoms with van der Waals surface area (Å²) in [5, 5.41) is 2.71. The molecule has 1 unspecified atom stereocenters. The zero-order valence-corrected chi connectivity index (χ0v) is 11.5. The van der Waals surface area contributed by atoms with Crippen LogP contribution in [0.1, 0.15) is 21.1 Å². The molecule has 0 fully saturated rings. The van der Waals surface area contributed by atoms with Gasteiger partial charge in [-0.05, 0) is 25.0 Å². The van der Waals surface area contributed by atoms with Gasteiger partial charge in [-0.1, -0.05) is 18.2 Å². The van der Waals surface area contributed by atoms with E-state index in [1.165, 1.54) is 11.3 Å². The van der Waals surface area contributed by atoms with Gasteiger partial charge in [-0.2, -0.15) is 0 Å². The van der Waals surface area contributed by atoms with Gasteiger partial charge in [0, 0.05) is 23.7 Å². The fraction of sp³-hybridized carbons (Fsp3) is 0.286. The molecule has 1 aliphatic heterocycles. The Hall–Kier alpha value is -1.72. The van der Waals surface area contributed by atoms with E-state index < -0.39 is 0 Å². The highest BCUT2D eigenvalue weighted by Crippen LogP contribution is 2.27. The number of para-hydroxylation sites is 1. The predicted octanol–water partition coefficient (Wildman–Crippen LogP) is 1.98. The molecule has 2 aromatic rings. The summed E-state index contributed by atoms with van der Waals surface area (Å²) < 4.78 is 0. The molecular formula is C14H15N3OS. The highest BCUT2D eigenvalue weighted by molar-refractivity contribution is 7.09. The number of benzene rings is 1. The van der Waals surface area contributed by atoms with E-state index >= 15 is 0 Å². The number of aromatic nitrogens is 1. The summed E-state index contributed by atoms with van der Waals surface area (Å²) in [4.78, 5) is 18.6. The molecule has 98 valence electrons. The van der Waals surface area contributed by atoms with Crippen molar-refractivity contribution in [3.8, 4) is 0 Å². The van der Waals surface area contributed by atoms with Crippen molar-refractivity contribution in [3.05, 3.63) is 45.9 Å². The van der Waals surface area contributed by atoms with Crippen molar-refractivity contribution in [1.82, 2.24) is 4.98 Å². The number of carbonyl (C=O) groups excluding carboxylic acids is 1. The number of hydrogen-bond acceptors (Lipinski definition) is 4. The quantitative estimate of drug-likeness (QED) is 0.864. The van der Waals surface area contributed by atoms with Gasteiger partial charge in [-0.15, -0.1) is 11.3 Å². The molecule has 2 heterocycles.